The van der Waals surface area contributed by atoms with E-state index in [1.54, 1.807) is 30.3 Å². The summed E-state index contributed by atoms with van der Waals surface area (Å²) < 4.78 is 5.05. The van der Waals surface area contributed by atoms with E-state index in [0.717, 1.165) is 6.42 Å². The van der Waals surface area contributed by atoms with E-state index in [1.807, 2.05) is 6.92 Å². The minimum atomic E-state index is -1.09. The van der Waals surface area contributed by atoms with Crippen LogP contribution in [0.3, 0.4) is 0 Å². The summed E-state index contributed by atoms with van der Waals surface area (Å²) in [7, 11) is 1.51. The summed E-state index contributed by atoms with van der Waals surface area (Å²) in [5.41, 5.74) is 1.96. The van der Waals surface area contributed by atoms with Crippen LogP contribution in [0, 0.1) is 11.8 Å². The predicted molar refractivity (Wildman–Crippen MR) is 104 cm³/mol. The number of hydrogen-bond acceptors (Lipinski definition) is 4. The number of rotatable bonds is 7. The lowest BCUT2D eigenvalue weighted by Crippen LogP contribution is -2.16. The zero-order valence-electron chi connectivity index (χ0n) is 15.7. The van der Waals surface area contributed by atoms with Crippen LogP contribution in [0.25, 0.3) is 0 Å². The molecule has 1 aliphatic rings. The molecule has 0 radical (unpaired) electrons. The maximum absolute atomic E-state index is 12.6. The minimum absolute atomic E-state index is 0.0375. The van der Waals surface area contributed by atoms with Gasteiger partial charge in [0.1, 0.15) is 0 Å². The van der Waals surface area contributed by atoms with Crippen molar-refractivity contribution in [2.75, 3.05) is 17.7 Å². The van der Waals surface area contributed by atoms with Crippen molar-refractivity contribution in [2.24, 2.45) is 11.8 Å². The van der Waals surface area contributed by atoms with E-state index in [1.165, 1.54) is 19.2 Å². The van der Waals surface area contributed by atoms with Crippen molar-refractivity contribution in [3.8, 4) is 0 Å². The fourth-order valence-corrected chi connectivity index (χ4v) is 3.00. The summed E-state index contributed by atoms with van der Waals surface area (Å²) in [6.07, 6.45) is 0.885. The molecule has 2 amide bonds. The number of aromatic carboxylic acids is 1. The van der Waals surface area contributed by atoms with Gasteiger partial charge in [-0.15, -0.1) is 0 Å². The van der Waals surface area contributed by atoms with Crippen LogP contribution < -0.4 is 10.6 Å². The number of ether oxygens (including phenoxy) is 1. The van der Waals surface area contributed by atoms with Crippen LogP contribution >= 0.6 is 0 Å². The van der Waals surface area contributed by atoms with Gasteiger partial charge in [0.15, 0.2) is 0 Å². The molecule has 0 heterocycles. The summed E-state index contributed by atoms with van der Waals surface area (Å²) in [5.74, 6) is -1.09. The molecular formula is C21H22N2O5. The molecule has 0 saturated heterocycles. The van der Waals surface area contributed by atoms with Gasteiger partial charge in [-0.1, -0.05) is 13.0 Å². The Balaban J connectivity index is 1.74. The molecule has 1 fully saturated rings. The number of amides is 2. The van der Waals surface area contributed by atoms with Crippen LogP contribution in [0.15, 0.2) is 42.5 Å². The van der Waals surface area contributed by atoms with Gasteiger partial charge >= 0.3 is 5.97 Å². The lowest BCUT2D eigenvalue weighted by Gasteiger charge is -2.10. The molecule has 0 aromatic heterocycles. The molecule has 3 N–H and O–H groups in total. The second-order valence-corrected chi connectivity index (χ2v) is 7.00. The third kappa shape index (κ3) is 4.75. The molecule has 1 aliphatic carbocycles. The number of carboxylic acid groups (broad SMARTS) is 1. The predicted octanol–water partition coefficient (Wildman–Crippen LogP) is 3.38. The van der Waals surface area contributed by atoms with E-state index in [0.29, 0.717) is 28.4 Å². The largest absolute Gasteiger partial charge is 0.478 e. The van der Waals surface area contributed by atoms with Crippen molar-refractivity contribution in [1.82, 2.24) is 0 Å². The average Bonchev–Trinajstić information content (AvgIpc) is 3.39. The Hall–Kier alpha value is -3.19. The van der Waals surface area contributed by atoms with E-state index < -0.39 is 11.9 Å². The van der Waals surface area contributed by atoms with Crippen LogP contribution in [0.5, 0.6) is 0 Å². The zero-order valence-corrected chi connectivity index (χ0v) is 15.7. The summed E-state index contributed by atoms with van der Waals surface area (Å²) in [6.45, 7) is 2.25. The van der Waals surface area contributed by atoms with Crippen LogP contribution in [0.4, 0.5) is 11.4 Å². The monoisotopic (exact) mass is 382 g/mol. The molecule has 0 bridgehead atoms. The number of carbonyl (C=O) groups is 3. The van der Waals surface area contributed by atoms with E-state index in [9.17, 15) is 19.5 Å². The van der Waals surface area contributed by atoms with Crippen LogP contribution in [-0.2, 0) is 16.1 Å². The fraction of sp³-hybridized carbons (Fsp3) is 0.286. The molecule has 0 spiro atoms. The van der Waals surface area contributed by atoms with Gasteiger partial charge in [0, 0.05) is 30.0 Å². The Labute approximate surface area is 162 Å². The number of anilines is 2. The third-order valence-electron chi connectivity index (χ3n) is 4.65. The SMILES string of the molecule is COCc1cc(NC(=O)c2cccc(NC(=O)C3CC3C)c2)cc(C(=O)O)c1. The Bertz CT molecular complexity index is 925. The van der Waals surface area contributed by atoms with Gasteiger partial charge in [0.25, 0.3) is 5.91 Å². The van der Waals surface area contributed by atoms with Gasteiger partial charge in [-0.05, 0) is 54.3 Å². The van der Waals surface area contributed by atoms with Crippen molar-refractivity contribution in [3.63, 3.8) is 0 Å². The highest BCUT2D eigenvalue weighted by molar-refractivity contribution is 6.06. The quantitative estimate of drug-likeness (QED) is 0.681. The van der Waals surface area contributed by atoms with E-state index in [-0.39, 0.29) is 24.0 Å². The Kier molecular flexibility index (Phi) is 5.75. The fourth-order valence-electron chi connectivity index (χ4n) is 3.00. The lowest BCUT2D eigenvalue weighted by molar-refractivity contribution is -0.117. The number of benzene rings is 2. The summed E-state index contributed by atoms with van der Waals surface area (Å²) in [4.78, 5) is 36.0. The number of hydrogen-bond donors (Lipinski definition) is 3. The highest BCUT2D eigenvalue weighted by Crippen LogP contribution is 2.38. The molecule has 7 nitrogen and oxygen atoms in total. The standard InChI is InChI=1S/C21H22N2O5/c1-12-6-18(12)20(25)22-16-5-3-4-14(9-16)19(24)23-17-8-13(11-28-2)7-15(10-17)21(26)27/h3-5,7-10,12,18H,6,11H2,1-2H3,(H,22,25)(H,23,24)(H,26,27). The normalized spacial score (nSPS) is 17.6. The summed E-state index contributed by atoms with van der Waals surface area (Å²) >= 11 is 0. The van der Waals surface area contributed by atoms with Crippen molar-refractivity contribution in [2.45, 2.75) is 20.0 Å². The zero-order chi connectivity index (χ0) is 20.3. The highest BCUT2D eigenvalue weighted by Gasteiger charge is 2.39. The molecule has 28 heavy (non-hydrogen) atoms. The first kappa shape index (κ1) is 19.6. The van der Waals surface area contributed by atoms with Gasteiger partial charge < -0.3 is 20.5 Å². The van der Waals surface area contributed by atoms with Crippen LogP contribution in [-0.4, -0.2) is 30.0 Å². The molecule has 2 aromatic rings. The van der Waals surface area contributed by atoms with Crippen molar-refractivity contribution in [1.29, 1.82) is 0 Å². The topological polar surface area (TPSA) is 105 Å². The number of carbonyl (C=O) groups excluding carboxylic acids is 2. The molecule has 146 valence electrons. The van der Waals surface area contributed by atoms with Crippen molar-refractivity contribution in [3.05, 3.63) is 59.2 Å². The van der Waals surface area contributed by atoms with Gasteiger partial charge in [-0.2, -0.15) is 0 Å². The first-order valence-corrected chi connectivity index (χ1v) is 8.96. The van der Waals surface area contributed by atoms with E-state index in [4.69, 9.17) is 4.74 Å². The Morgan fingerprint density at radius 1 is 1.07 bits per heavy atom. The number of carboxylic acids is 1. The van der Waals surface area contributed by atoms with Gasteiger partial charge in [-0.3, -0.25) is 9.59 Å². The molecule has 1 saturated carbocycles. The van der Waals surface area contributed by atoms with Crippen LogP contribution in [0.1, 0.15) is 39.6 Å². The third-order valence-corrected chi connectivity index (χ3v) is 4.65. The van der Waals surface area contributed by atoms with Gasteiger partial charge in [0.2, 0.25) is 5.91 Å². The lowest BCUT2D eigenvalue weighted by atomic mass is 10.1. The molecule has 3 rings (SSSR count). The Morgan fingerprint density at radius 3 is 2.43 bits per heavy atom. The first-order chi connectivity index (χ1) is 13.4. The number of nitrogens with one attached hydrogen (secondary N) is 2. The van der Waals surface area contributed by atoms with Gasteiger partial charge in [-0.25, -0.2) is 4.79 Å². The Morgan fingerprint density at radius 2 is 1.79 bits per heavy atom. The van der Waals surface area contributed by atoms with Crippen molar-refractivity contribution < 1.29 is 24.2 Å². The minimum Gasteiger partial charge on any atom is -0.478 e. The smallest absolute Gasteiger partial charge is 0.335 e. The average molecular weight is 382 g/mol. The summed E-state index contributed by atoms with van der Waals surface area (Å²) in [5, 5.41) is 14.8. The molecular weight excluding hydrogens is 360 g/mol. The molecule has 2 unspecified atom stereocenters. The molecule has 2 atom stereocenters. The number of methoxy groups -OCH3 is 1. The van der Waals surface area contributed by atoms with Crippen molar-refractivity contribution >= 4 is 29.2 Å². The highest BCUT2D eigenvalue weighted by atomic mass is 16.5. The second-order valence-electron chi connectivity index (χ2n) is 7.00. The first-order valence-electron chi connectivity index (χ1n) is 8.96. The summed E-state index contributed by atoms with van der Waals surface area (Å²) in [6, 6.07) is 11.2. The van der Waals surface area contributed by atoms with E-state index in [2.05, 4.69) is 10.6 Å². The van der Waals surface area contributed by atoms with Crippen LogP contribution in [0.2, 0.25) is 0 Å². The molecule has 7 heteroatoms. The second kappa shape index (κ2) is 8.22. The molecule has 2 aromatic carbocycles. The van der Waals surface area contributed by atoms with E-state index >= 15 is 0 Å². The maximum atomic E-state index is 12.6. The van der Waals surface area contributed by atoms with Gasteiger partial charge in [0.05, 0.1) is 12.2 Å². The maximum Gasteiger partial charge on any atom is 0.335 e. The molecule has 0 aliphatic heterocycles.